The van der Waals surface area contributed by atoms with Gasteiger partial charge in [-0.3, -0.25) is 4.79 Å². The smallest absolute Gasteiger partial charge is 0.226 e. The topological polar surface area (TPSA) is 46.3 Å². The summed E-state index contributed by atoms with van der Waals surface area (Å²) in [6.07, 6.45) is 4.70. The van der Waals surface area contributed by atoms with Crippen LogP contribution in [-0.4, -0.2) is 15.8 Å². The van der Waals surface area contributed by atoms with Crippen molar-refractivity contribution in [3.8, 4) is 0 Å². The van der Waals surface area contributed by atoms with E-state index in [1.54, 1.807) is 6.26 Å². The van der Waals surface area contributed by atoms with Gasteiger partial charge in [-0.25, -0.2) is 4.98 Å². The average Bonchev–Trinajstić information content (AvgIpc) is 3.06. The predicted octanol–water partition coefficient (Wildman–Crippen LogP) is 5.12. The minimum atomic E-state index is 0.124. The van der Waals surface area contributed by atoms with Crippen molar-refractivity contribution in [3.63, 3.8) is 0 Å². The molecule has 1 amide bonds. The highest BCUT2D eigenvalue weighted by Crippen LogP contribution is 2.30. The maximum absolute atomic E-state index is 12.9. The molecule has 1 aliphatic rings. The lowest BCUT2D eigenvalue weighted by molar-refractivity contribution is -0.139. The normalized spacial score (nSPS) is 14.4. The first kappa shape index (κ1) is 17.1. The average molecular weight is 369 g/mol. The zero-order chi connectivity index (χ0) is 18.1. The molecule has 3 aromatic rings. The summed E-state index contributed by atoms with van der Waals surface area (Å²) in [5.74, 6) is 1.07. The first-order valence-electron chi connectivity index (χ1n) is 8.97. The van der Waals surface area contributed by atoms with Crippen LogP contribution in [0, 0.1) is 12.8 Å². The third-order valence-corrected chi connectivity index (χ3v) is 5.38. The van der Waals surface area contributed by atoms with Crippen molar-refractivity contribution in [1.29, 1.82) is 0 Å². The minimum absolute atomic E-state index is 0.124. The number of aryl methyl sites for hydroxylation is 1. The van der Waals surface area contributed by atoms with Gasteiger partial charge in [-0.1, -0.05) is 29.7 Å². The van der Waals surface area contributed by atoms with E-state index >= 15 is 0 Å². The highest BCUT2D eigenvalue weighted by atomic mass is 35.5. The van der Waals surface area contributed by atoms with Crippen LogP contribution in [0.5, 0.6) is 0 Å². The summed E-state index contributed by atoms with van der Waals surface area (Å²) < 4.78 is 5.46. The van der Waals surface area contributed by atoms with Gasteiger partial charge in [0.15, 0.2) is 0 Å². The van der Waals surface area contributed by atoms with E-state index < -0.39 is 0 Å². The largest absolute Gasteiger partial charge is 0.467 e. The molecule has 0 saturated heterocycles. The lowest BCUT2D eigenvalue weighted by Crippen LogP contribution is -2.38. The Bertz CT molecular complexity index is 933. The highest BCUT2D eigenvalue weighted by molar-refractivity contribution is 6.30. The van der Waals surface area contributed by atoms with Gasteiger partial charge in [0.05, 0.1) is 18.3 Å². The van der Waals surface area contributed by atoms with Crippen molar-refractivity contribution in [2.75, 3.05) is 0 Å². The number of carbonyl (C=O) groups is 1. The summed E-state index contributed by atoms with van der Waals surface area (Å²) in [6, 6.07) is 11.9. The lowest BCUT2D eigenvalue weighted by Gasteiger charge is -2.31. The van der Waals surface area contributed by atoms with Crippen LogP contribution in [0.4, 0.5) is 0 Å². The van der Waals surface area contributed by atoms with E-state index in [9.17, 15) is 4.79 Å². The molecular formula is C21H21ClN2O2. The number of pyridine rings is 1. The van der Waals surface area contributed by atoms with E-state index in [1.807, 2.05) is 35.2 Å². The van der Waals surface area contributed by atoms with E-state index in [0.717, 1.165) is 41.5 Å². The predicted molar refractivity (Wildman–Crippen MR) is 102 cm³/mol. The molecule has 4 rings (SSSR count). The van der Waals surface area contributed by atoms with E-state index in [-0.39, 0.29) is 11.8 Å². The van der Waals surface area contributed by atoms with Gasteiger partial charge in [0, 0.05) is 23.4 Å². The van der Waals surface area contributed by atoms with Crippen LogP contribution >= 0.6 is 11.6 Å². The van der Waals surface area contributed by atoms with Gasteiger partial charge in [0.25, 0.3) is 0 Å². The second-order valence-electron chi connectivity index (χ2n) is 7.04. The maximum Gasteiger partial charge on any atom is 0.226 e. The molecule has 2 heterocycles. The number of carbonyl (C=O) groups excluding carboxylic acids is 1. The summed E-state index contributed by atoms with van der Waals surface area (Å²) in [5, 5.41) is 1.49. The standard InChI is InChI=1S/C21H21ClN2O2/c1-14-7-8-19-16(10-14)11-17(20(22)23-19)12-24(13-18-6-3-9-26-18)21(25)15-4-2-5-15/h3,6-11,15H,2,4-5,12-13H2,1H3. The van der Waals surface area contributed by atoms with E-state index in [0.29, 0.717) is 18.2 Å². The summed E-state index contributed by atoms with van der Waals surface area (Å²) in [6.45, 7) is 2.94. The number of amides is 1. The van der Waals surface area contributed by atoms with Crippen LogP contribution in [-0.2, 0) is 17.9 Å². The monoisotopic (exact) mass is 368 g/mol. The number of furan rings is 1. The number of hydrogen-bond donors (Lipinski definition) is 0. The fourth-order valence-corrected chi connectivity index (χ4v) is 3.55. The SMILES string of the molecule is Cc1ccc2nc(Cl)c(CN(Cc3ccco3)C(=O)C3CCC3)cc2c1. The van der Waals surface area contributed by atoms with Crippen LogP contribution in [0.1, 0.15) is 36.1 Å². The molecule has 5 heteroatoms. The zero-order valence-electron chi connectivity index (χ0n) is 14.7. The van der Waals surface area contributed by atoms with Gasteiger partial charge in [-0.2, -0.15) is 0 Å². The van der Waals surface area contributed by atoms with Crippen LogP contribution in [0.3, 0.4) is 0 Å². The summed E-state index contributed by atoms with van der Waals surface area (Å²) in [7, 11) is 0. The molecule has 0 bridgehead atoms. The van der Waals surface area contributed by atoms with Crippen LogP contribution in [0.15, 0.2) is 47.1 Å². The first-order valence-corrected chi connectivity index (χ1v) is 9.35. The van der Waals surface area contributed by atoms with Crippen molar-refractivity contribution < 1.29 is 9.21 Å². The molecule has 26 heavy (non-hydrogen) atoms. The molecule has 0 spiro atoms. The van der Waals surface area contributed by atoms with Gasteiger partial charge < -0.3 is 9.32 Å². The maximum atomic E-state index is 12.9. The minimum Gasteiger partial charge on any atom is -0.467 e. The first-order chi connectivity index (χ1) is 12.6. The van der Waals surface area contributed by atoms with Gasteiger partial charge >= 0.3 is 0 Å². The van der Waals surface area contributed by atoms with Gasteiger partial charge in [0.2, 0.25) is 5.91 Å². The van der Waals surface area contributed by atoms with Gasteiger partial charge in [-0.05, 0) is 50.1 Å². The van der Waals surface area contributed by atoms with Gasteiger partial charge in [-0.15, -0.1) is 0 Å². The van der Waals surface area contributed by atoms with Crippen molar-refractivity contribution >= 4 is 28.4 Å². The molecule has 1 saturated carbocycles. The number of hydrogen-bond acceptors (Lipinski definition) is 3. The Hall–Kier alpha value is -2.33. The Morgan fingerprint density at radius 1 is 1.27 bits per heavy atom. The number of fused-ring (bicyclic) bond motifs is 1. The quantitative estimate of drug-likeness (QED) is 0.587. The number of benzene rings is 1. The number of nitrogens with zero attached hydrogens (tertiary/aromatic N) is 2. The second kappa shape index (κ2) is 7.12. The Morgan fingerprint density at radius 2 is 2.12 bits per heavy atom. The third-order valence-electron chi connectivity index (χ3n) is 5.05. The Balaban J connectivity index is 1.64. The highest BCUT2D eigenvalue weighted by Gasteiger charge is 2.30. The summed E-state index contributed by atoms with van der Waals surface area (Å²) in [5.41, 5.74) is 2.90. The number of halogens is 1. The summed E-state index contributed by atoms with van der Waals surface area (Å²) >= 11 is 6.43. The molecule has 0 aliphatic heterocycles. The van der Waals surface area contributed by atoms with E-state index in [1.165, 1.54) is 5.56 Å². The Morgan fingerprint density at radius 3 is 2.81 bits per heavy atom. The fraction of sp³-hybridized carbons (Fsp3) is 0.333. The van der Waals surface area contributed by atoms with Crippen molar-refractivity contribution in [2.45, 2.75) is 39.3 Å². The number of rotatable bonds is 5. The lowest BCUT2D eigenvalue weighted by atomic mass is 9.84. The number of aromatic nitrogens is 1. The second-order valence-corrected chi connectivity index (χ2v) is 7.39. The van der Waals surface area contributed by atoms with Crippen LogP contribution < -0.4 is 0 Å². The van der Waals surface area contributed by atoms with E-state index in [2.05, 4.69) is 18.0 Å². The van der Waals surface area contributed by atoms with E-state index in [4.69, 9.17) is 16.0 Å². The van der Waals surface area contributed by atoms with Crippen molar-refractivity contribution in [1.82, 2.24) is 9.88 Å². The molecule has 0 atom stereocenters. The summed E-state index contributed by atoms with van der Waals surface area (Å²) in [4.78, 5) is 19.3. The molecule has 0 unspecified atom stereocenters. The molecule has 1 aromatic carbocycles. The molecule has 0 N–H and O–H groups in total. The van der Waals surface area contributed by atoms with Crippen molar-refractivity contribution in [2.24, 2.45) is 5.92 Å². The molecule has 0 radical (unpaired) electrons. The Labute approximate surface area is 157 Å². The molecule has 1 aliphatic carbocycles. The van der Waals surface area contributed by atoms with Crippen LogP contribution in [0.2, 0.25) is 5.15 Å². The zero-order valence-corrected chi connectivity index (χ0v) is 15.5. The molecular weight excluding hydrogens is 348 g/mol. The van der Waals surface area contributed by atoms with Gasteiger partial charge in [0.1, 0.15) is 10.9 Å². The van der Waals surface area contributed by atoms with Crippen molar-refractivity contribution in [3.05, 3.63) is 64.7 Å². The third kappa shape index (κ3) is 3.47. The van der Waals surface area contributed by atoms with Crippen LogP contribution in [0.25, 0.3) is 10.9 Å². The fourth-order valence-electron chi connectivity index (χ4n) is 3.35. The Kier molecular flexibility index (Phi) is 4.68. The molecule has 134 valence electrons. The molecule has 2 aromatic heterocycles. The molecule has 4 nitrogen and oxygen atoms in total. The molecule has 1 fully saturated rings.